The Bertz CT molecular complexity index is 948. The van der Waals surface area contributed by atoms with E-state index in [4.69, 9.17) is 27.8 Å². The summed E-state index contributed by atoms with van der Waals surface area (Å²) < 4.78 is 19.2. The van der Waals surface area contributed by atoms with Gasteiger partial charge in [-0.25, -0.2) is 14.4 Å². The van der Waals surface area contributed by atoms with Crippen molar-refractivity contribution in [2.75, 3.05) is 5.73 Å². The Hall–Kier alpha value is -3.19. The van der Waals surface area contributed by atoms with E-state index in [-0.39, 0.29) is 23.1 Å². The number of benzene rings is 2. The van der Waals surface area contributed by atoms with Crippen LogP contribution < -0.4 is 16.2 Å². The molecular formula is C17H12ClFN4O2. The number of carbonyl (C=O) groups is 1. The van der Waals surface area contributed by atoms with Crippen molar-refractivity contribution >= 4 is 23.3 Å². The summed E-state index contributed by atoms with van der Waals surface area (Å²) in [7, 11) is 0. The summed E-state index contributed by atoms with van der Waals surface area (Å²) in [6.07, 6.45) is 0. The lowest BCUT2D eigenvalue weighted by molar-refractivity contribution is 0.0995. The first-order chi connectivity index (χ1) is 11.9. The molecule has 0 fully saturated rings. The van der Waals surface area contributed by atoms with Crippen molar-refractivity contribution in [1.82, 2.24) is 9.97 Å². The molecule has 1 amide bonds. The van der Waals surface area contributed by atoms with E-state index in [9.17, 15) is 9.18 Å². The van der Waals surface area contributed by atoms with Gasteiger partial charge in [-0.05, 0) is 36.4 Å². The minimum atomic E-state index is -0.702. The first-order valence-corrected chi connectivity index (χ1v) is 7.48. The number of amides is 1. The van der Waals surface area contributed by atoms with Crippen LogP contribution in [-0.4, -0.2) is 15.9 Å². The van der Waals surface area contributed by atoms with Crippen LogP contribution in [0.1, 0.15) is 10.5 Å². The third-order valence-corrected chi connectivity index (χ3v) is 3.47. The van der Waals surface area contributed by atoms with Crippen molar-refractivity contribution in [3.63, 3.8) is 0 Å². The highest BCUT2D eigenvalue weighted by atomic mass is 35.5. The number of nitrogen functional groups attached to an aromatic ring is 1. The van der Waals surface area contributed by atoms with E-state index in [0.717, 1.165) is 0 Å². The number of ether oxygens (including phenoxy) is 1. The largest absolute Gasteiger partial charge is 0.454 e. The molecule has 0 radical (unpaired) electrons. The number of rotatable bonds is 4. The van der Waals surface area contributed by atoms with Crippen LogP contribution in [0.5, 0.6) is 11.5 Å². The second kappa shape index (κ2) is 6.74. The summed E-state index contributed by atoms with van der Waals surface area (Å²) in [4.78, 5) is 19.4. The molecule has 0 aliphatic carbocycles. The summed E-state index contributed by atoms with van der Waals surface area (Å²) in [6.45, 7) is 0. The van der Waals surface area contributed by atoms with Gasteiger partial charge in [-0.1, -0.05) is 11.6 Å². The third-order valence-electron chi connectivity index (χ3n) is 3.23. The maximum atomic E-state index is 13.7. The van der Waals surface area contributed by atoms with Crippen LogP contribution in [0, 0.1) is 5.82 Å². The highest BCUT2D eigenvalue weighted by Crippen LogP contribution is 2.28. The van der Waals surface area contributed by atoms with Gasteiger partial charge in [0, 0.05) is 22.7 Å². The Labute approximate surface area is 147 Å². The third kappa shape index (κ3) is 3.84. The summed E-state index contributed by atoms with van der Waals surface area (Å²) in [6, 6.07) is 11.8. The number of primary amides is 1. The van der Waals surface area contributed by atoms with Gasteiger partial charge in [-0.15, -0.1) is 0 Å². The molecule has 0 aliphatic heterocycles. The molecule has 0 aliphatic rings. The molecule has 2 aromatic carbocycles. The van der Waals surface area contributed by atoms with Gasteiger partial charge in [0.2, 0.25) is 0 Å². The Morgan fingerprint density at radius 2 is 1.80 bits per heavy atom. The van der Waals surface area contributed by atoms with Crippen LogP contribution in [0.4, 0.5) is 10.2 Å². The highest BCUT2D eigenvalue weighted by Gasteiger charge is 2.10. The second-order valence-electron chi connectivity index (χ2n) is 5.07. The molecule has 1 aromatic heterocycles. The van der Waals surface area contributed by atoms with E-state index in [1.54, 1.807) is 24.3 Å². The van der Waals surface area contributed by atoms with Crippen molar-refractivity contribution in [2.24, 2.45) is 5.73 Å². The number of anilines is 1. The van der Waals surface area contributed by atoms with Gasteiger partial charge < -0.3 is 16.2 Å². The molecule has 126 valence electrons. The Morgan fingerprint density at radius 3 is 2.48 bits per heavy atom. The molecular weight excluding hydrogens is 347 g/mol. The number of halogens is 2. The molecule has 6 nitrogen and oxygen atoms in total. The number of aromatic nitrogens is 2. The van der Waals surface area contributed by atoms with Gasteiger partial charge in [-0.3, -0.25) is 4.79 Å². The molecule has 0 saturated heterocycles. The van der Waals surface area contributed by atoms with Gasteiger partial charge in [0.1, 0.15) is 17.3 Å². The van der Waals surface area contributed by atoms with Crippen molar-refractivity contribution in [1.29, 1.82) is 0 Å². The zero-order valence-electron chi connectivity index (χ0n) is 12.7. The van der Waals surface area contributed by atoms with Gasteiger partial charge >= 0.3 is 0 Å². The fraction of sp³-hybridized carbons (Fsp3) is 0. The van der Waals surface area contributed by atoms with Crippen molar-refractivity contribution in [3.8, 4) is 22.9 Å². The molecule has 3 rings (SSSR count). The second-order valence-corrected chi connectivity index (χ2v) is 5.50. The fourth-order valence-electron chi connectivity index (χ4n) is 2.08. The quantitative estimate of drug-likeness (QED) is 0.743. The highest BCUT2D eigenvalue weighted by molar-refractivity contribution is 6.30. The molecule has 8 heteroatoms. The van der Waals surface area contributed by atoms with Crippen LogP contribution in [0.2, 0.25) is 5.02 Å². The van der Waals surface area contributed by atoms with E-state index < -0.39 is 11.7 Å². The molecule has 25 heavy (non-hydrogen) atoms. The SMILES string of the molecule is NC(=O)c1cc(N)nc(-c2ccc(Oc3cc(Cl)ccc3F)cc2)n1. The topological polar surface area (TPSA) is 104 Å². The Balaban J connectivity index is 1.88. The lowest BCUT2D eigenvalue weighted by Gasteiger charge is -2.08. The smallest absolute Gasteiger partial charge is 0.267 e. The van der Waals surface area contributed by atoms with Crippen LogP contribution in [0.3, 0.4) is 0 Å². The van der Waals surface area contributed by atoms with Crippen molar-refractivity contribution in [2.45, 2.75) is 0 Å². The van der Waals surface area contributed by atoms with Gasteiger partial charge in [0.25, 0.3) is 5.91 Å². The van der Waals surface area contributed by atoms with E-state index in [0.29, 0.717) is 16.3 Å². The first kappa shape index (κ1) is 16.7. The van der Waals surface area contributed by atoms with Crippen molar-refractivity contribution in [3.05, 3.63) is 65.1 Å². The standard InChI is InChI=1S/C17H12ClFN4O2/c18-10-3-6-12(19)14(7-10)25-11-4-1-9(2-5-11)17-22-13(16(21)24)8-15(20)23-17/h1-8H,(H2,21,24)(H2,20,22,23). The molecule has 0 spiro atoms. The van der Waals surface area contributed by atoms with Gasteiger partial charge in [0.05, 0.1) is 0 Å². The fourth-order valence-corrected chi connectivity index (χ4v) is 2.24. The average molecular weight is 359 g/mol. The van der Waals surface area contributed by atoms with E-state index in [1.807, 2.05) is 0 Å². The van der Waals surface area contributed by atoms with Gasteiger partial charge in [0.15, 0.2) is 17.4 Å². The van der Waals surface area contributed by atoms with Gasteiger partial charge in [-0.2, -0.15) is 0 Å². The molecule has 0 atom stereocenters. The maximum absolute atomic E-state index is 13.7. The van der Waals surface area contributed by atoms with E-state index >= 15 is 0 Å². The predicted octanol–water partition coefficient (Wildman–Crippen LogP) is 3.41. The first-order valence-electron chi connectivity index (χ1n) is 7.10. The molecule has 0 saturated carbocycles. The summed E-state index contributed by atoms with van der Waals surface area (Å²) in [5, 5.41) is 0.361. The number of carbonyl (C=O) groups excluding carboxylic acids is 1. The minimum absolute atomic E-state index is 0.0106. The number of nitrogens with zero attached hydrogens (tertiary/aromatic N) is 2. The zero-order chi connectivity index (χ0) is 18.0. The monoisotopic (exact) mass is 358 g/mol. The number of hydrogen-bond donors (Lipinski definition) is 2. The predicted molar refractivity (Wildman–Crippen MR) is 91.9 cm³/mol. The van der Waals surface area contributed by atoms with Crippen LogP contribution in [0.15, 0.2) is 48.5 Å². The van der Waals surface area contributed by atoms with E-state index in [1.165, 1.54) is 24.3 Å². The number of hydrogen-bond acceptors (Lipinski definition) is 5. The summed E-state index contributed by atoms with van der Waals surface area (Å²) in [5.41, 5.74) is 11.5. The average Bonchev–Trinajstić information content (AvgIpc) is 2.58. The minimum Gasteiger partial charge on any atom is -0.454 e. The molecule has 1 heterocycles. The Kier molecular flexibility index (Phi) is 4.49. The van der Waals surface area contributed by atoms with Crippen LogP contribution in [-0.2, 0) is 0 Å². The zero-order valence-corrected chi connectivity index (χ0v) is 13.5. The summed E-state index contributed by atoms with van der Waals surface area (Å²) >= 11 is 5.83. The normalized spacial score (nSPS) is 10.5. The Morgan fingerprint density at radius 1 is 1.08 bits per heavy atom. The molecule has 3 aromatic rings. The van der Waals surface area contributed by atoms with E-state index in [2.05, 4.69) is 9.97 Å². The lowest BCUT2D eigenvalue weighted by Crippen LogP contribution is -2.14. The number of nitrogens with two attached hydrogens (primary N) is 2. The van der Waals surface area contributed by atoms with Crippen LogP contribution >= 0.6 is 11.6 Å². The molecule has 0 unspecified atom stereocenters. The lowest BCUT2D eigenvalue weighted by atomic mass is 10.2. The maximum Gasteiger partial charge on any atom is 0.267 e. The van der Waals surface area contributed by atoms with Crippen molar-refractivity contribution < 1.29 is 13.9 Å². The summed E-state index contributed by atoms with van der Waals surface area (Å²) in [5.74, 6) is -0.458. The molecule has 4 N–H and O–H groups in total. The van der Waals surface area contributed by atoms with Crippen LogP contribution in [0.25, 0.3) is 11.4 Å². The molecule has 0 bridgehead atoms.